The maximum Gasteiger partial charge on any atom is 0.262 e. The second-order valence-corrected chi connectivity index (χ2v) is 6.61. The lowest BCUT2D eigenvalue weighted by molar-refractivity contribution is -0.0149. The van der Waals surface area contributed by atoms with E-state index in [0.29, 0.717) is 43.3 Å². The van der Waals surface area contributed by atoms with Crippen molar-refractivity contribution in [3.05, 3.63) is 17.0 Å². The van der Waals surface area contributed by atoms with Crippen LogP contribution in [0.5, 0.6) is 0 Å². The number of nitrogens with zero attached hydrogens (tertiary/aromatic N) is 3. The van der Waals surface area contributed by atoms with Crippen molar-refractivity contribution in [1.82, 2.24) is 15.0 Å². The number of carbonyl (C=O) groups is 1. The molecule has 1 aromatic heterocycles. The van der Waals surface area contributed by atoms with E-state index >= 15 is 0 Å². The molecule has 2 aliphatic heterocycles. The van der Waals surface area contributed by atoms with Gasteiger partial charge in [-0.05, 0) is 20.8 Å². The fraction of sp³-hybridized carbons (Fsp3) is 0.750. The Morgan fingerprint density at radius 2 is 2.12 bits per heavy atom. The van der Waals surface area contributed by atoms with Gasteiger partial charge in [0, 0.05) is 38.2 Å². The van der Waals surface area contributed by atoms with Crippen molar-refractivity contribution >= 4 is 5.91 Å². The summed E-state index contributed by atoms with van der Waals surface area (Å²) in [6.07, 6.45) is -0.179. The minimum atomic E-state index is -2.69. The highest BCUT2D eigenvalue weighted by molar-refractivity contribution is 5.96. The number of alkyl halides is 2. The predicted octanol–water partition coefficient (Wildman–Crippen LogP) is 1.86. The quantitative estimate of drug-likeness (QED) is 0.817. The molecule has 0 unspecified atom stereocenters. The predicted molar refractivity (Wildman–Crippen MR) is 82.2 cm³/mol. The molecule has 1 amide bonds. The van der Waals surface area contributed by atoms with Crippen molar-refractivity contribution < 1.29 is 22.8 Å². The number of carbonyl (C=O) groups excluding carboxylic acids is 1. The molecular formula is C16H23F2N3O3. The molecule has 134 valence electrons. The third-order valence-corrected chi connectivity index (χ3v) is 4.80. The summed E-state index contributed by atoms with van der Waals surface area (Å²) >= 11 is 0. The maximum absolute atomic E-state index is 13.8. The molecule has 0 N–H and O–H groups in total. The van der Waals surface area contributed by atoms with Gasteiger partial charge >= 0.3 is 0 Å². The van der Waals surface area contributed by atoms with Crippen LogP contribution in [0.15, 0.2) is 4.52 Å². The van der Waals surface area contributed by atoms with Gasteiger partial charge in [0.15, 0.2) is 0 Å². The van der Waals surface area contributed by atoms with Gasteiger partial charge in [-0.1, -0.05) is 5.16 Å². The minimum Gasteiger partial charge on any atom is -0.380 e. The Hall–Kier alpha value is -1.54. The first-order valence-electron chi connectivity index (χ1n) is 8.26. The van der Waals surface area contributed by atoms with Gasteiger partial charge in [-0.15, -0.1) is 0 Å². The van der Waals surface area contributed by atoms with Gasteiger partial charge in [0.1, 0.15) is 11.3 Å². The summed E-state index contributed by atoms with van der Waals surface area (Å²) < 4.78 is 37.9. The van der Waals surface area contributed by atoms with E-state index < -0.39 is 5.92 Å². The maximum atomic E-state index is 13.8. The van der Waals surface area contributed by atoms with E-state index in [1.54, 1.807) is 23.6 Å². The van der Waals surface area contributed by atoms with E-state index in [1.165, 1.54) is 0 Å². The smallest absolute Gasteiger partial charge is 0.262 e. The van der Waals surface area contributed by atoms with E-state index in [0.717, 1.165) is 0 Å². The molecule has 0 bridgehead atoms. The summed E-state index contributed by atoms with van der Waals surface area (Å²) in [6.45, 7) is 6.72. The monoisotopic (exact) mass is 343 g/mol. The average molecular weight is 343 g/mol. The molecule has 0 aromatic carbocycles. The molecule has 3 heterocycles. The second kappa shape index (κ2) is 6.40. The van der Waals surface area contributed by atoms with Crippen LogP contribution in [0.1, 0.15) is 35.2 Å². The molecule has 1 aromatic rings. The first-order valence-corrected chi connectivity index (χ1v) is 8.26. The number of aromatic nitrogens is 1. The lowest BCUT2D eigenvalue weighted by Crippen LogP contribution is -2.62. The lowest BCUT2D eigenvalue weighted by Gasteiger charge is -2.45. The average Bonchev–Trinajstić information content (AvgIpc) is 2.94. The standard InChI is InChI=1S/C16H23F2N3O3/c1-4-23-8-12-5-16(17,18)9-21(12)13-6-20(7-13)15(22)14-10(2)19-24-11(14)3/h12-13H,4-9H2,1-3H3/t12-/m0/s1. The highest BCUT2D eigenvalue weighted by Crippen LogP contribution is 2.36. The van der Waals surface area contributed by atoms with Crippen LogP contribution in [0, 0.1) is 13.8 Å². The van der Waals surface area contributed by atoms with Gasteiger partial charge in [-0.3, -0.25) is 9.69 Å². The molecular weight excluding hydrogens is 320 g/mol. The van der Waals surface area contributed by atoms with E-state index in [9.17, 15) is 13.6 Å². The number of likely N-dealkylation sites (tertiary alicyclic amines) is 2. The Balaban J connectivity index is 1.62. The third-order valence-electron chi connectivity index (χ3n) is 4.80. The number of ether oxygens (including phenoxy) is 1. The largest absolute Gasteiger partial charge is 0.380 e. The van der Waals surface area contributed by atoms with Crippen LogP contribution in [0.25, 0.3) is 0 Å². The summed E-state index contributed by atoms with van der Waals surface area (Å²) in [6, 6.07) is -0.338. The van der Waals surface area contributed by atoms with Crippen LogP contribution >= 0.6 is 0 Å². The zero-order chi connectivity index (χ0) is 17.5. The molecule has 24 heavy (non-hydrogen) atoms. The molecule has 0 spiro atoms. The van der Waals surface area contributed by atoms with Crippen LogP contribution in [0.3, 0.4) is 0 Å². The highest BCUT2D eigenvalue weighted by Gasteiger charge is 2.50. The van der Waals surface area contributed by atoms with Crippen molar-refractivity contribution in [1.29, 1.82) is 0 Å². The zero-order valence-electron chi connectivity index (χ0n) is 14.2. The van der Waals surface area contributed by atoms with E-state index in [1.807, 2.05) is 6.92 Å². The van der Waals surface area contributed by atoms with Gasteiger partial charge in [0.25, 0.3) is 11.8 Å². The summed E-state index contributed by atoms with van der Waals surface area (Å²) in [5, 5.41) is 3.79. The van der Waals surface area contributed by atoms with Crippen molar-refractivity contribution in [3.8, 4) is 0 Å². The summed E-state index contributed by atoms with van der Waals surface area (Å²) in [5.74, 6) is -2.34. The van der Waals surface area contributed by atoms with Crippen LogP contribution in [0.4, 0.5) is 8.78 Å². The van der Waals surface area contributed by atoms with Gasteiger partial charge in [-0.2, -0.15) is 0 Å². The number of amides is 1. The Bertz CT molecular complexity index is 594. The normalized spacial score (nSPS) is 24.4. The Kier molecular flexibility index (Phi) is 4.61. The van der Waals surface area contributed by atoms with Crippen molar-refractivity contribution in [2.75, 3.05) is 32.8 Å². The van der Waals surface area contributed by atoms with Gasteiger partial charge in [-0.25, -0.2) is 8.78 Å². The summed E-state index contributed by atoms with van der Waals surface area (Å²) in [4.78, 5) is 16.0. The molecule has 2 aliphatic rings. The van der Waals surface area contributed by atoms with E-state index in [2.05, 4.69) is 5.16 Å². The molecule has 6 nitrogen and oxygen atoms in total. The van der Waals surface area contributed by atoms with Crippen molar-refractivity contribution in [2.24, 2.45) is 0 Å². The van der Waals surface area contributed by atoms with Crippen LogP contribution in [0.2, 0.25) is 0 Å². The van der Waals surface area contributed by atoms with E-state index in [4.69, 9.17) is 9.26 Å². The molecule has 2 fully saturated rings. The number of rotatable bonds is 5. The lowest BCUT2D eigenvalue weighted by atomic mass is 10.0. The number of hydrogen-bond donors (Lipinski definition) is 0. The first-order chi connectivity index (χ1) is 11.3. The Morgan fingerprint density at radius 3 is 2.71 bits per heavy atom. The topological polar surface area (TPSA) is 58.8 Å². The SMILES string of the molecule is CCOC[C@@H]1CC(F)(F)CN1C1CN(C(=O)c2c(C)noc2C)C1. The first kappa shape index (κ1) is 17.3. The molecule has 0 aliphatic carbocycles. The van der Waals surface area contributed by atoms with Crippen molar-refractivity contribution in [3.63, 3.8) is 0 Å². The Labute approximate surface area is 139 Å². The van der Waals surface area contributed by atoms with Crippen LogP contribution < -0.4 is 0 Å². The fourth-order valence-corrected chi connectivity index (χ4v) is 3.54. The summed E-state index contributed by atoms with van der Waals surface area (Å²) in [7, 11) is 0. The molecule has 0 saturated carbocycles. The zero-order valence-corrected chi connectivity index (χ0v) is 14.2. The molecule has 2 saturated heterocycles. The van der Waals surface area contributed by atoms with Gasteiger partial charge < -0.3 is 14.2 Å². The van der Waals surface area contributed by atoms with Crippen molar-refractivity contribution in [2.45, 2.75) is 45.2 Å². The van der Waals surface area contributed by atoms with Gasteiger partial charge in [0.2, 0.25) is 0 Å². The fourth-order valence-electron chi connectivity index (χ4n) is 3.54. The number of aryl methyl sites for hydroxylation is 2. The second-order valence-electron chi connectivity index (χ2n) is 6.61. The highest BCUT2D eigenvalue weighted by atomic mass is 19.3. The third kappa shape index (κ3) is 3.17. The molecule has 8 heteroatoms. The molecule has 1 atom stereocenters. The minimum absolute atomic E-state index is 0.0479. The van der Waals surface area contributed by atoms with Crippen LogP contribution in [-0.2, 0) is 4.74 Å². The van der Waals surface area contributed by atoms with E-state index in [-0.39, 0.29) is 31.0 Å². The number of halogens is 2. The molecule has 3 rings (SSSR count). The molecule has 0 radical (unpaired) electrons. The van der Waals surface area contributed by atoms with Crippen LogP contribution in [-0.4, -0.2) is 71.7 Å². The van der Waals surface area contributed by atoms with Gasteiger partial charge in [0.05, 0.1) is 18.8 Å². The summed E-state index contributed by atoms with van der Waals surface area (Å²) in [5.41, 5.74) is 1.04. The Morgan fingerprint density at radius 1 is 1.42 bits per heavy atom. The number of hydrogen-bond acceptors (Lipinski definition) is 5.